The number of ether oxygens (including phenoxy) is 1. The van der Waals surface area contributed by atoms with Gasteiger partial charge in [-0.05, 0) is 49.5 Å². The lowest BCUT2D eigenvalue weighted by molar-refractivity contribution is -0.143. The second-order valence-electron chi connectivity index (χ2n) is 11.7. The molecule has 9 nitrogen and oxygen atoms in total. The standard InChI is InChI=1S/C30H39N7O2/c31-8-5-22(21-3-1-2-4-21)15-20-6-9-33-29(26(16-20)27-25-7-10-32-28(25)35-19-34-27)36-24-17-23(18-24)30(38)37-11-13-39-14-12-37/h7,10,16,19-24H,1-6,9,11-15,17-18H2,(H,33,36)(H,32,34,35). The number of aromatic nitrogens is 3. The highest BCUT2D eigenvalue weighted by molar-refractivity contribution is 6.24. The number of H-pyrrole nitrogens is 1. The zero-order valence-corrected chi connectivity index (χ0v) is 22.6. The van der Waals surface area contributed by atoms with Gasteiger partial charge >= 0.3 is 0 Å². The normalized spacial score (nSPS) is 26.7. The topological polar surface area (TPSA) is 119 Å². The van der Waals surface area contributed by atoms with Gasteiger partial charge in [0.2, 0.25) is 5.91 Å². The smallest absolute Gasteiger partial charge is 0.225 e. The molecule has 2 unspecified atom stereocenters. The van der Waals surface area contributed by atoms with Gasteiger partial charge in [0, 0.05) is 55.2 Å². The van der Waals surface area contributed by atoms with Crippen LogP contribution in [0.4, 0.5) is 0 Å². The summed E-state index contributed by atoms with van der Waals surface area (Å²) in [5.74, 6) is 2.64. The Morgan fingerprint density at radius 2 is 2.03 bits per heavy atom. The van der Waals surface area contributed by atoms with E-state index in [4.69, 9.17) is 14.7 Å². The van der Waals surface area contributed by atoms with Gasteiger partial charge in [-0.2, -0.15) is 5.26 Å². The van der Waals surface area contributed by atoms with Crippen molar-refractivity contribution >= 4 is 28.3 Å². The van der Waals surface area contributed by atoms with Gasteiger partial charge in [-0.3, -0.25) is 9.79 Å². The Balaban J connectivity index is 1.21. The lowest BCUT2D eigenvalue weighted by Crippen LogP contribution is -2.52. The van der Waals surface area contributed by atoms with Crippen molar-refractivity contribution in [3.63, 3.8) is 0 Å². The number of allylic oxidation sites excluding steroid dienone is 1. The van der Waals surface area contributed by atoms with Crippen LogP contribution >= 0.6 is 0 Å². The third kappa shape index (κ3) is 5.72. The number of hydrogen-bond donors (Lipinski definition) is 2. The Labute approximate surface area is 230 Å². The Bertz CT molecular complexity index is 1260. The predicted octanol–water partition coefficient (Wildman–Crippen LogP) is 4.10. The van der Waals surface area contributed by atoms with Crippen LogP contribution < -0.4 is 5.32 Å². The summed E-state index contributed by atoms with van der Waals surface area (Å²) in [6.07, 6.45) is 15.2. The van der Waals surface area contributed by atoms with E-state index in [0.717, 1.165) is 60.4 Å². The monoisotopic (exact) mass is 529 g/mol. The average molecular weight is 530 g/mol. The number of amides is 1. The van der Waals surface area contributed by atoms with Gasteiger partial charge in [0.1, 0.15) is 17.8 Å². The highest BCUT2D eigenvalue weighted by Gasteiger charge is 2.38. The van der Waals surface area contributed by atoms with Crippen LogP contribution in [-0.4, -0.2) is 70.5 Å². The number of nitrogens with one attached hydrogen (secondary N) is 2. The molecule has 9 heteroatoms. The van der Waals surface area contributed by atoms with Crippen molar-refractivity contribution in [3.05, 3.63) is 30.4 Å². The van der Waals surface area contributed by atoms with Crippen LogP contribution in [0.5, 0.6) is 0 Å². The molecule has 2 atom stereocenters. The van der Waals surface area contributed by atoms with Crippen LogP contribution in [0.1, 0.15) is 63.5 Å². The van der Waals surface area contributed by atoms with E-state index in [-0.39, 0.29) is 17.9 Å². The first-order valence-corrected chi connectivity index (χ1v) is 14.7. The average Bonchev–Trinajstić information content (AvgIpc) is 3.61. The van der Waals surface area contributed by atoms with E-state index >= 15 is 0 Å². The summed E-state index contributed by atoms with van der Waals surface area (Å²) in [6, 6.07) is 4.72. The molecule has 6 rings (SSSR count). The molecular weight excluding hydrogens is 490 g/mol. The van der Waals surface area contributed by atoms with E-state index < -0.39 is 0 Å². The fraction of sp³-hybridized carbons (Fsp3) is 0.633. The molecule has 0 aromatic carbocycles. The summed E-state index contributed by atoms with van der Waals surface area (Å²) in [6.45, 7) is 3.40. The van der Waals surface area contributed by atoms with Gasteiger partial charge in [0.25, 0.3) is 0 Å². The molecular formula is C30H39N7O2. The molecule has 2 N–H and O–H groups in total. The third-order valence-corrected chi connectivity index (χ3v) is 9.21. The zero-order valence-electron chi connectivity index (χ0n) is 22.6. The molecule has 0 radical (unpaired) electrons. The number of amidine groups is 1. The van der Waals surface area contributed by atoms with Gasteiger partial charge in [-0.15, -0.1) is 0 Å². The molecule has 0 bridgehead atoms. The van der Waals surface area contributed by atoms with E-state index in [1.807, 2.05) is 17.2 Å². The van der Waals surface area contributed by atoms with E-state index in [0.29, 0.717) is 50.5 Å². The van der Waals surface area contributed by atoms with Crippen LogP contribution in [0, 0.1) is 35.0 Å². The van der Waals surface area contributed by atoms with Crippen LogP contribution in [-0.2, 0) is 9.53 Å². The van der Waals surface area contributed by atoms with Crippen LogP contribution in [0.25, 0.3) is 16.6 Å². The Morgan fingerprint density at radius 1 is 1.21 bits per heavy atom. The predicted molar refractivity (Wildman–Crippen MR) is 150 cm³/mol. The first-order valence-electron chi connectivity index (χ1n) is 14.7. The SMILES string of the molecule is N#CCC(CC1C=C(c2ncnc3[nH]ccc23)C(NC2CC(C(=O)N3CCOCC3)C2)=NCC1)C1CCCC1. The maximum Gasteiger partial charge on any atom is 0.225 e. The van der Waals surface area contributed by atoms with Crippen molar-refractivity contribution in [1.82, 2.24) is 25.2 Å². The summed E-state index contributed by atoms with van der Waals surface area (Å²) in [4.78, 5) is 32.3. The quantitative estimate of drug-likeness (QED) is 0.557. The molecule has 2 aliphatic carbocycles. The minimum absolute atomic E-state index is 0.0701. The number of fused-ring (bicyclic) bond motifs is 1. The second-order valence-corrected chi connectivity index (χ2v) is 11.7. The Kier molecular flexibility index (Phi) is 7.91. The summed E-state index contributed by atoms with van der Waals surface area (Å²) >= 11 is 0. The minimum Gasteiger partial charge on any atom is -0.378 e. The van der Waals surface area contributed by atoms with E-state index in [2.05, 4.69) is 27.4 Å². The molecule has 1 amide bonds. The number of nitriles is 1. The first-order chi connectivity index (χ1) is 19.2. The summed E-state index contributed by atoms with van der Waals surface area (Å²) in [5, 5.41) is 14.3. The van der Waals surface area contributed by atoms with Crippen molar-refractivity contribution in [3.8, 4) is 6.07 Å². The second kappa shape index (κ2) is 11.9. The molecule has 206 valence electrons. The number of aliphatic imine (C=N–C) groups is 1. The van der Waals surface area contributed by atoms with Crippen molar-refractivity contribution in [1.29, 1.82) is 5.26 Å². The number of rotatable bonds is 7. The number of nitrogens with zero attached hydrogens (tertiary/aromatic N) is 5. The number of hydrogen-bond acceptors (Lipinski definition) is 7. The molecule has 4 aliphatic rings. The Morgan fingerprint density at radius 3 is 2.82 bits per heavy atom. The largest absolute Gasteiger partial charge is 0.378 e. The van der Waals surface area contributed by atoms with Crippen LogP contribution in [0.2, 0.25) is 0 Å². The van der Waals surface area contributed by atoms with Crippen LogP contribution in [0.15, 0.2) is 29.7 Å². The highest BCUT2D eigenvalue weighted by Crippen LogP contribution is 2.39. The molecule has 0 spiro atoms. The summed E-state index contributed by atoms with van der Waals surface area (Å²) < 4.78 is 5.41. The first kappa shape index (κ1) is 26.0. The number of carbonyl (C=O) groups is 1. The summed E-state index contributed by atoms with van der Waals surface area (Å²) in [7, 11) is 0. The molecule has 4 heterocycles. The van der Waals surface area contributed by atoms with Crippen molar-refractivity contribution in [2.75, 3.05) is 32.8 Å². The fourth-order valence-corrected chi connectivity index (χ4v) is 6.96. The van der Waals surface area contributed by atoms with Crippen molar-refractivity contribution in [2.24, 2.45) is 28.7 Å². The number of morpholine rings is 1. The van der Waals surface area contributed by atoms with Crippen molar-refractivity contribution < 1.29 is 9.53 Å². The van der Waals surface area contributed by atoms with E-state index in [9.17, 15) is 10.1 Å². The third-order valence-electron chi connectivity index (χ3n) is 9.21. The maximum absolute atomic E-state index is 12.9. The van der Waals surface area contributed by atoms with E-state index in [1.165, 1.54) is 25.7 Å². The summed E-state index contributed by atoms with van der Waals surface area (Å²) in [5.41, 5.74) is 2.72. The van der Waals surface area contributed by atoms with Crippen LogP contribution in [0.3, 0.4) is 0 Å². The molecule has 3 fully saturated rings. The van der Waals surface area contributed by atoms with Gasteiger partial charge in [0.15, 0.2) is 0 Å². The highest BCUT2D eigenvalue weighted by atomic mass is 16.5. The van der Waals surface area contributed by atoms with E-state index in [1.54, 1.807) is 6.33 Å². The Hall–Kier alpha value is -3.25. The minimum atomic E-state index is 0.0701. The fourth-order valence-electron chi connectivity index (χ4n) is 6.96. The molecule has 1 saturated heterocycles. The number of aromatic amines is 1. The molecule has 2 aromatic heterocycles. The lowest BCUT2D eigenvalue weighted by Gasteiger charge is -2.39. The number of carbonyl (C=O) groups excluding carboxylic acids is 1. The maximum atomic E-state index is 12.9. The van der Waals surface area contributed by atoms with Gasteiger partial charge in [-0.1, -0.05) is 31.8 Å². The lowest BCUT2D eigenvalue weighted by atomic mass is 9.78. The molecule has 39 heavy (non-hydrogen) atoms. The molecule has 2 aromatic rings. The molecule has 2 saturated carbocycles. The molecule has 2 aliphatic heterocycles. The zero-order chi connectivity index (χ0) is 26.6. The van der Waals surface area contributed by atoms with Gasteiger partial charge < -0.3 is 19.9 Å². The van der Waals surface area contributed by atoms with Gasteiger partial charge in [-0.25, -0.2) is 9.97 Å². The van der Waals surface area contributed by atoms with Crippen molar-refractivity contribution in [2.45, 2.75) is 63.8 Å². The van der Waals surface area contributed by atoms with Gasteiger partial charge in [0.05, 0.1) is 25.0 Å².